The number of aryl methyl sites for hydroxylation is 1. The molecular formula is C28H35F5N6O2. The van der Waals surface area contributed by atoms with E-state index in [1.165, 1.54) is 10.9 Å². The van der Waals surface area contributed by atoms with Crippen molar-refractivity contribution in [1.29, 1.82) is 0 Å². The van der Waals surface area contributed by atoms with E-state index in [4.69, 9.17) is 4.98 Å². The molecule has 2 atom stereocenters. The van der Waals surface area contributed by atoms with Gasteiger partial charge in [0.15, 0.2) is 0 Å². The van der Waals surface area contributed by atoms with E-state index in [1.807, 2.05) is 13.8 Å². The summed E-state index contributed by atoms with van der Waals surface area (Å²) < 4.78 is 67.2. The number of aromatic amines is 1. The van der Waals surface area contributed by atoms with Crippen molar-refractivity contribution in [1.82, 2.24) is 30.4 Å². The number of benzene rings is 1. The van der Waals surface area contributed by atoms with E-state index in [0.29, 0.717) is 34.5 Å². The number of H-pyrrole nitrogens is 1. The first kappa shape index (κ1) is 30.4. The second-order valence-corrected chi connectivity index (χ2v) is 11.2. The van der Waals surface area contributed by atoms with Crippen LogP contribution in [0.15, 0.2) is 30.5 Å². The van der Waals surface area contributed by atoms with Crippen LogP contribution in [0.2, 0.25) is 0 Å². The molecule has 1 aliphatic rings. The number of fused-ring (bicyclic) bond motifs is 1. The number of halogens is 5. The molecule has 2 amide bonds. The van der Waals surface area contributed by atoms with Crippen molar-refractivity contribution in [3.63, 3.8) is 0 Å². The lowest BCUT2D eigenvalue weighted by atomic mass is 9.81. The van der Waals surface area contributed by atoms with E-state index in [1.54, 1.807) is 31.3 Å². The number of imidazole rings is 1. The number of amides is 2. The Morgan fingerprint density at radius 2 is 1.85 bits per heavy atom. The Morgan fingerprint density at radius 1 is 1.15 bits per heavy atom. The summed E-state index contributed by atoms with van der Waals surface area (Å²) in [7, 11) is 1.63. The van der Waals surface area contributed by atoms with Gasteiger partial charge in [-0.3, -0.25) is 14.3 Å². The summed E-state index contributed by atoms with van der Waals surface area (Å²) >= 11 is 0. The van der Waals surface area contributed by atoms with Crippen molar-refractivity contribution in [2.75, 3.05) is 0 Å². The van der Waals surface area contributed by atoms with Crippen molar-refractivity contribution >= 4 is 22.8 Å². The van der Waals surface area contributed by atoms with E-state index in [2.05, 4.69) is 20.7 Å². The zero-order valence-corrected chi connectivity index (χ0v) is 23.2. The van der Waals surface area contributed by atoms with Gasteiger partial charge in [0.2, 0.25) is 11.8 Å². The highest BCUT2D eigenvalue weighted by Crippen LogP contribution is 2.41. The average Bonchev–Trinajstić information content (AvgIpc) is 3.50. The molecule has 224 valence electrons. The van der Waals surface area contributed by atoms with Crippen molar-refractivity contribution in [2.24, 2.45) is 18.9 Å². The van der Waals surface area contributed by atoms with Crippen LogP contribution in [-0.4, -0.2) is 43.7 Å². The number of aromatic nitrogens is 4. The van der Waals surface area contributed by atoms with Crippen LogP contribution >= 0.6 is 0 Å². The van der Waals surface area contributed by atoms with Crippen LogP contribution in [0.5, 0.6) is 0 Å². The monoisotopic (exact) mass is 582 g/mol. The van der Waals surface area contributed by atoms with E-state index in [9.17, 15) is 31.5 Å². The lowest BCUT2D eigenvalue weighted by Crippen LogP contribution is -2.38. The lowest BCUT2D eigenvalue weighted by Gasteiger charge is -2.33. The van der Waals surface area contributed by atoms with Gasteiger partial charge in [-0.15, -0.1) is 0 Å². The molecule has 0 saturated heterocycles. The standard InChI is InChI=1S/C28H35F5N6O2/c1-16(2)14-20(35-23(40)8-12-28(31,32)33)18-4-5-19-21(15-18)37-25(36-19)24(17-6-10-27(29,30)11-7-17)38-26(41)22-9-13-34-39(22)3/h4-5,9,13,15-17,20,24H,6-8,10-12,14H2,1-3H3,(H,35,40)(H,36,37)(H,38,41)/t20-,24-/m0/s1. The van der Waals surface area contributed by atoms with Gasteiger partial charge in [-0.2, -0.15) is 18.3 Å². The quantitative estimate of drug-likeness (QED) is 0.250. The van der Waals surface area contributed by atoms with E-state index in [-0.39, 0.29) is 37.5 Å². The Balaban J connectivity index is 1.61. The summed E-state index contributed by atoms with van der Waals surface area (Å²) in [6.07, 6.45) is -4.47. The van der Waals surface area contributed by atoms with Crippen LogP contribution in [-0.2, 0) is 11.8 Å². The molecule has 0 bridgehead atoms. The predicted octanol–water partition coefficient (Wildman–Crippen LogP) is 6.14. The molecule has 4 rings (SSSR count). The summed E-state index contributed by atoms with van der Waals surface area (Å²) in [6.45, 7) is 3.90. The maximum atomic E-state index is 13.9. The third-order valence-corrected chi connectivity index (χ3v) is 7.47. The van der Waals surface area contributed by atoms with Gasteiger partial charge >= 0.3 is 6.18 Å². The first-order valence-electron chi connectivity index (χ1n) is 13.7. The Bertz CT molecular complexity index is 1360. The van der Waals surface area contributed by atoms with E-state index in [0.717, 1.165) is 0 Å². The number of nitrogens with one attached hydrogen (secondary N) is 3. The number of carbonyl (C=O) groups excluding carboxylic acids is 2. The summed E-state index contributed by atoms with van der Waals surface area (Å²) in [5.74, 6) is -3.57. The van der Waals surface area contributed by atoms with Crippen molar-refractivity contribution in [3.8, 4) is 0 Å². The molecule has 1 aliphatic carbocycles. The molecule has 41 heavy (non-hydrogen) atoms. The molecule has 8 nitrogen and oxygen atoms in total. The predicted molar refractivity (Wildman–Crippen MR) is 142 cm³/mol. The van der Waals surface area contributed by atoms with Crippen LogP contribution in [0, 0.1) is 11.8 Å². The fourth-order valence-corrected chi connectivity index (χ4v) is 5.30. The molecule has 1 aromatic carbocycles. The molecule has 0 radical (unpaired) electrons. The molecule has 1 saturated carbocycles. The van der Waals surface area contributed by atoms with E-state index >= 15 is 0 Å². The third-order valence-electron chi connectivity index (χ3n) is 7.47. The molecule has 2 aromatic heterocycles. The molecule has 0 aliphatic heterocycles. The van der Waals surface area contributed by atoms with Crippen molar-refractivity contribution < 1.29 is 31.5 Å². The number of hydrogen-bond acceptors (Lipinski definition) is 4. The minimum atomic E-state index is -4.42. The van der Waals surface area contributed by atoms with Gasteiger partial charge < -0.3 is 15.6 Å². The largest absolute Gasteiger partial charge is 0.389 e. The lowest BCUT2D eigenvalue weighted by molar-refractivity contribution is -0.144. The van der Waals surface area contributed by atoms with Gasteiger partial charge in [0.25, 0.3) is 5.91 Å². The molecule has 2 heterocycles. The Hall–Kier alpha value is -3.51. The smallest absolute Gasteiger partial charge is 0.349 e. The average molecular weight is 583 g/mol. The first-order chi connectivity index (χ1) is 19.2. The maximum Gasteiger partial charge on any atom is 0.389 e. The molecule has 0 spiro atoms. The van der Waals surface area contributed by atoms with Crippen LogP contribution < -0.4 is 10.6 Å². The van der Waals surface area contributed by atoms with Crippen molar-refractivity contribution in [3.05, 3.63) is 47.5 Å². The molecule has 3 aromatic rings. The van der Waals surface area contributed by atoms with Crippen LogP contribution in [0.4, 0.5) is 22.0 Å². The van der Waals surface area contributed by atoms with Crippen LogP contribution in [0.1, 0.15) is 92.8 Å². The minimum Gasteiger partial charge on any atom is -0.349 e. The fourth-order valence-electron chi connectivity index (χ4n) is 5.30. The molecule has 3 N–H and O–H groups in total. The highest BCUT2D eigenvalue weighted by molar-refractivity contribution is 5.92. The zero-order valence-electron chi connectivity index (χ0n) is 23.2. The van der Waals surface area contributed by atoms with Gasteiger partial charge in [-0.25, -0.2) is 13.8 Å². The number of rotatable bonds is 10. The minimum absolute atomic E-state index is 0.143. The topological polar surface area (TPSA) is 105 Å². The maximum absolute atomic E-state index is 13.9. The second kappa shape index (κ2) is 12.2. The van der Waals surface area contributed by atoms with Gasteiger partial charge in [0.05, 0.1) is 29.5 Å². The third kappa shape index (κ3) is 8.04. The summed E-state index contributed by atoms with van der Waals surface area (Å²) in [4.78, 5) is 33.3. The SMILES string of the molecule is CC(C)C[C@H](NC(=O)CCC(F)(F)F)c1ccc2[nH]c([C@@H](NC(=O)c3ccnn3C)C3CCC(F)(F)CC3)nc2c1. The summed E-state index contributed by atoms with van der Waals surface area (Å²) in [5.41, 5.74) is 2.15. The number of nitrogens with zero attached hydrogens (tertiary/aromatic N) is 3. The Kier molecular flexibility index (Phi) is 9.03. The molecule has 0 unspecified atom stereocenters. The van der Waals surface area contributed by atoms with Crippen molar-refractivity contribution in [2.45, 2.75) is 83.0 Å². The van der Waals surface area contributed by atoms with Crippen LogP contribution in [0.25, 0.3) is 11.0 Å². The molecule has 1 fully saturated rings. The normalized spacial score (nSPS) is 17.5. The number of hydrogen-bond donors (Lipinski definition) is 3. The van der Waals surface area contributed by atoms with E-state index < -0.39 is 48.8 Å². The summed E-state index contributed by atoms with van der Waals surface area (Å²) in [5, 5.41) is 9.71. The second-order valence-electron chi connectivity index (χ2n) is 11.2. The van der Waals surface area contributed by atoms with Gasteiger partial charge in [0.1, 0.15) is 11.5 Å². The highest BCUT2D eigenvalue weighted by Gasteiger charge is 2.39. The number of alkyl halides is 5. The Labute approximate surface area is 234 Å². The molecular weight excluding hydrogens is 547 g/mol. The fraction of sp³-hybridized carbons (Fsp3) is 0.571. The van der Waals surface area contributed by atoms with Gasteiger partial charge in [0, 0.05) is 32.5 Å². The first-order valence-corrected chi connectivity index (χ1v) is 13.7. The zero-order chi connectivity index (χ0) is 29.9. The highest BCUT2D eigenvalue weighted by atomic mass is 19.4. The summed E-state index contributed by atoms with van der Waals surface area (Å²) in [6, 6.07) is 5.64. The van der Waals surface area contributed by atoms with Gasteiger partial charge in [-0.05, 0) is 54.9 Å². The van der Waals surface area contributed by atoms with Crippen LogP contribution in [0.3, 0.4) is 0 Å². The number of carbonyl (C=O) groups is 2. The Morgan fingerprint density at radius 3 is 2.46 bits per heavy atom. The molecule has 13 heteroatoms. The van der Waals surface area contributed by atoms with Gasteiger partial charge in [-0.1, -0.05) is 19.9 Å².